The Balaban J connectivity index is 2.43. The molecule has 1 saturated heterocycles. The Labute approximate surface area is 67.8 Å². The van der Waals surface area contributed by atoms with Crippen LogP contribution in [0.25, 0.3) is 0 Å². The molecule has 1 rings (SSSR count). The average molecular weight is 148 g/mol. The highest BCUT2D eigenvalue weighted by Gasteiger charge is 2.18. The van der Waals surface area contributed by atoms with Crippen molar-refractivity contribution in [2.75, 3.05) is 13.1 Å². The predicted molar refractivity (Wildman–Crippen MR) is 43.7 cm³/mol. The van der Waals surface area contributed by atoms with Crippen molar-refractivity contribution >= 4 is 0 Å². The minimum absolute atomic E-state index is 0.0579. The van der Waals surface area contributed by atoms with Crippen LogP contribution in [0, 0.1) is 23.7 Å². The van der Waals surface area contributed by atoms with E-state index in [1.165, 1.54) is 12.8 Å². The molecular weight excluding hydrogens is 136 g/mol. The summed E-state index contributed by atoms with van der Waals surface area (Å²) in [6.07, 6.45) is 8.22. The molecule has 0 saturated carbocycles. The first-order valence-electron chi connectivity index (χ1n) is 3.95. The summed E-state index contributed by atoms with van der Waals surface area (Å²) in [4.78, 5) is 2.21. The molecule has 0 spiro atoms. The maximum atomic E-state index is 8.46. The summed E-state index contributed by atoms with van der Waals surface area (Å²) in [6.45, 7) is 2.13. The van der Waals surface area contributed by atoms with Crippen molar-refractivity contribution < 1.29 is 0 Å². The van der Waals surface area contributed by atoms with Crippen molar-refractivity contribution in [2.45, 2.75) is 25.3 Å². The Morgan fingerprint density at radius 2 is 2.09 bits per heavy atom. The number of likely N-dealkylation sites (tertiary alicyclic amines) is 1. The first kappa shape index (κ1) is 8.11. The zero-order chi connectivity index (χ0) is 8.10. The number of nitriles is 1. The van der Waals surface area contributed by atoms with Crippen LogP contribution in [0.2, 0.25) is 0 Å². The van der Waals surface area contributed by atoms with Crippen LogP contribution in [-0.4, -0.2) is 24.0 Å². The lowest BCUT2D eigenvalue weighted by Crippen LogP contribution is -2.30. The van der Waals surface area contributed by atoms with Gasteiger partial charge >= 0.3 is 0 Å². The first-order chi connectivity index (χ1) is 5.38. The van der Waals surface area contributed by atoms with E-state index in [2.05, 4.69) is 16.9 Å². The molecule has 2 heteroatoms. The molecule has 0 aromatic carbocycles. The maximum Gasteiger partial charge on any atom is 0.0843 e. The summed E-state index contributed by atoms with van der Waals surface area (Å²) in [5, 5.41) is 8.46. The van der Waals surface area contributed by atoms with Gasteiger partial charge in [0.1, 0.15) is 0 Å². The lowest BCUT2D eigenvalue weighted by atomic mass is 10.2. The number of nitrogens with zero attached hydrogens (tertiary/aromatic N) is 2. The Hall–Kier alpha value is -0.990. The maximum absolute atomic E-state index is 8.46. The highest BCUT2D eigenvalue weighted by molar-refractivity contribution is 5.04. The number of hydrogen-bond donors (Lipinski definition) is 0. The fourth-order valence-corrected chi connectivity index (χ4v) is 1.43. The molecule has 0 aromatic heterocycles. The molecule has 58 valence electrons. The van der Waals surface area contributed by atoms with Crippen LogP contribution < -0.4 is 0 Å². The molecule has 0 N–H and O–H groups in total. The van der Waals surface area contributed by atoms with E-state index in [1.54, 1.807) is 0 Å². The van der Waals surface area contributed by atoms with Gasteiger partial charge in [-0.2, -0.15) is 5.26 Å². The molecular formula is C9H12N2. The SMILES string of the molecule is C#CC(CC#N)N1CCCC1. The van der Waals surface area contributed by atoms with Gasteiger partial charge in [0.15, 0.2) is 0 Å². The van der Waals surface area contributed by atoms with Crippen LogP contribution in [0.15, 0.2) is 0 Å². The molecule has 0 bridgehead atoms. The fraction of sp³-hybridized carbons (Fsp3) is 0.667. The van der Waals surface area contributed by atoms with Crippen molar-refractivity contribution in [3.05, 3.63) is 0 Å². The van der Waals surface area contributed by atoms with Gasteiger partial charge in [-0.25, -0.2) is 0 Å². The van der Waals surface area contributed by atoms with Gasteiger partial charge in [0, 0.05) is 0 Å². The van der Waals surface area contributed by atoms with Crippen LogP contribution in [0.4, 0.5) is 0 Å². The van der Waals surface area contributed by atoms with Gasteiger partial charge in [-0.05, 0) is 25.9 Å². The molecule has 1 unspecified atom stereocenters. The predicted octanol–water partition coefficient (Wildman–Crippen LogP) is 0.998. The quantitative estimate of drug-likeness (QED) is 0.546. The topological polar surface area (TPSA) is 27.0 Å². The average Bonchev–Trinajstić information content (AvgIpc) is 2.52. The van der Waals surface area contributed by atoms with E-state index in [4.69, 9.17) is 11.7 Å². The number of rotatable bonds is 2. The minimum Gasteiger partial charge on any atom is -0.289 e. The third-order valence-corrected chi connectivity index (χ3v) is 2.06. The van der Waals surface area contributed by atoms with E-state index in [0.29, 0.717) is 6.42 Å². The molecule has 1 atom stereocenters. The molecule has 1 aliphatic rings. The summed E-state index contributed by atoms with van der Waals surface area (Å²) in [7, 11) is 0. The lowest BCUT2D eigenvalue weighted by molar-refractivity contribution is 0.295. The van der Waals surface area contributed by atoms with Crippen molar-refractivity contribution in [3.8, 4) is 18.4 Å². The second-order valence-corrected chi connectivity index (χ2v) is 2.79. The van der Waals surface area contributed by atoms with E-state index < -0.39 is 0 Å². The van der Waals surface area contributed by atoms with Crippen LogP contribution in [0.1, 0.15) is 19.3 Å². The molecule has 2 nitrogen and oxygen atoms in total. The highest BCUT2D eigenvalue weighted by atomic mass is 15.2. The van der Waals surface area contributed by atoms with E-state index in [9.17, 15) is 0 Å². The van der Waals surface area contributed by atoms with Crippen molar-refractivity contribution in [1.82, 2.24) is 4.90 Å². The normalized spacial score (nSPS) is 20.5. The Morgan fingerprint density at radius 1 is 1.45 bits per heavy atom. The van der Waals surface area contributed by atoms with Crippen LogP contribution in [0.5, 0.6) is 0 Å². The highest BCUT2D eigenvalue weighted by Crippen LogP contribution is 2.12. The third-order valence-electron chi connectivity index (χ3n) is 2.06. The van der Waals surface area contributed by atoms with E-state index in [-0.39, 0.29) is 6.04 Å². The van der Waals surface area contributed by atoms with E-state index in [0.717, 1.165) is 13.1 Å². The number of hydrogen-bond acceptors (Lipinski definition) is 2. The molecule has 11 heavy (non-hydrogen) atoms. The van der Waals surface area contributed by atoms with Crippen LogP contribution in [0.3, 0.4) is 0 Å². The Morgan fingerprint density at radius 3 is 2.55 bits per heavy atom. The van der Waals surface area contributed by atoms with Crippen molar-refractivity contribution in [3.63, 3.8) is 0 Å². The van der Waals surface area contributed by atoms with Gasteiger partial charge in [0.25, 0.3) is 0 Å². The monoisotopic (exact) mass is 148 g/mol. The summed E-state index contributed by atoms with van der Waals surface area (Å²) < 4.78 is 0. The zero-order valence-corrected chi connectivity index (χ0v) is 6.58. The van der Waals surface area contributed by atoms with Gasteiger partial charge in [-0.1, -0.05) is 5.92 Å². The zero-order valence-electron chi connectivity index (χ0n) is 6.58. The van der Waals surface area contributed by atoms with Gasteiger partial charge in [0.05, 0.1) is 18.5 Å². The molecule has 1 aliphatic heterocycles. The molecule has 0 aromatic rings. The van der Waals surface area contributed by atoms with E-state index >= 15 is 0 Å². The van der Waals surface area contributed by atoms with Gasteiger partial charge < -0.3 is 0 Å². The van der Waals surface area contributed by atoms with Gasteiger partial charge in [-0.15, -0.1) is 6.42 Å². The van der Waals surface area contributed by atoms with Crippen molar-refractivity contribution in [1.29, 1.82) is 5.26 Å². The third kappa shape index (κ3) is 1.97. The summed E-state index contributed by atoms with van der Waals surface area (Å²) in [5.74, 6) is 2.65. The Bertz CT molecular complexity index is 191. The smallest absolute Gasteiger partial charge is 0.0843 e. The second kappa shape index (κ2) is 4.01. The van der Waals surface area contributed by atoms with E-state index in [1.807, 2.05) is 0 Å². The largest absolute Gasteiger partial charge is 0.289 e. The fourth-order valence-electron chi connectivity index (χ4n) is 1.43. The molecule has 0 radical (unpaired) electrons. The summed E-state index contributed by atoms with van der Waals surface area (Å²) in [6, 6.07) is 2.17. The van der Waals surface area contributed by atoms with Crippen LogP contribution in [-0.2, 0) is 0 Å². The standard InChI is InChI=1S/C9H12N2/c1-2-9(5-6-10)11-7-3-4-8-11/h1,9H,3-5,7-8H2. The second-order valence-electron chi connectivity index (χ2n) is 2.79. The van der Waals surface area contributed by atoms with Gasteiger partial charge in [0.2, 0.25) is 0 Å². The van der Waals surface area contributed by atoms with Crippen LogP contribution >= 0.6 is 0 Å². The molecule has 0 amide bonds. The summed E-state index contributed by atoms with van der Waals surface area (Å²) >= 11 is 0. The van der Waals surface area contributed by atoms with Gasteiger partial charge in [-0.3, -0.25) is 4.90 Å². The summed E-state index contributed by atoms with van der Waals surface area (Å²) in [5.41, 5.74) is 0. The minimum atomic E-state index is 0.0579. The molecule has 1 fully saturated rings. The first-order valence-corrected chi connectivity index (χ1v) is 3.95. The number of terminal acetylenes is 1. The molecule has 1 heterocycles. The Kier molecular flexibility index (Phi) is 2.95. The lowest BCUT2D eigenvalue weighted by Gasteiger charge is -2.19. The molecule has 0 aliphatic carbocycles. The van der Waals surface area contributed by atoms with Crippen molar-refractivity contribution in [2.24, 2.45) is 0 Å².